The van der Waals surface area contributed by atoms with Crippen LogP contribution >= 0.6 is 0 Å². The van der Waals surface area contributed by atoms with Gasteiger partial charge in [0.05, 0.1) is 0 Å². The quantitative estimate of drug-likeness (QED) is 0.821. The first-order valence-corrected chi connectivity index (χ1v) is 5.43. The summed E-state index contributed by atoms with van der Waals surface area (Å²) in [5, 5.41) is 11.8. The molecule has 1 saturated heterocycles. The fraction of sp³-hybridized carbons (Fsp3) is 0.545. The maximum atomic E-state index is 8.68. The fourth-order valence-corrected chi connectivity index (χ4v) is 1.71. The van der Waals surface area contributed by atoms with Crippen LogP contribution in [0.3, 0.4) is 0 Å². The Balaban J connectivity index is 1.78. The van der Waals surface area contributed by atoms with Crippen molar-refractivity contribution in [2.24, 2.45) is 5.92 Å². The molecule has 1 aromatic heterocycles. The van der Waals surface area contributed by atoms with Gasteiger partial charge in [0.25, 0.3) is 0 Å². The summed E-state index contributed by atoms with van der Waals surface area (Å²) in [5.41, 5.74) is 0.390. The highest BCUT2D eigenvalue weighted by Gasteiger charge is 2.14. The van der Waals surface area contributed by atoms with Crippen LogP contribution in [0.25, 0.3) is 0 Å². The average Bonchev–Trinajstić information content (AvgIpc) is 2.82. The molecule has 1 fully saturated rings. The Bertz CT molecular complexity index is 382. The van der Waals surface area contributed by atoms with Crippen LogP contribution in [0.15, 0.2) is 12.3 Å². The topological polar surface area (TPSA) is 70.8 Å². The van der Waals surface area contributed by atoms with Gasteiger partial charge in [-0.15, -0.1) is 0 Å². The number of rotatable bonds is 4. The van der Waals surface area contributed by atoms with E-state index >= 15 is 0 Å². The first kappa shape index (κ1) is 10.8. The first-order valence-electron chi connectivity index (χ1n) is 5.43. The minimum absolute atomic E-state index is 0.390. The number of hydrogen-bond acceptors (Lipinski definition) is 5. The third-order valence-corrected chi connectivity index (χ3v) is 2.63. The summed E-state index contributed by atoms with van der Waals surface area (Å²) >= 11 is 0. The third-order valence-electron chi connectivity index (χ3n) is 2.63. The lowest BCUT2D eigenvalue weighted by atomic mass is 10.1. The molecule has 0 aromatic carbocycles. The van der Waals surface area contributed by atoms with Crippen molar-refractivity contribution in [2.75, 3.05) is 25.1 Å². The van der Waals surface area contributed by atoms with Gasteiger partial charge in [0, 0.05) is 26.0 Å². The number of nitrogens with one attached hydrogen (secondary N) is 1. The van der Waals surface area contributed by atoms with Gasteiger partial charge in [0.2, 0.25) is 5.95 Å². The molecule has 5 nitrogen and oxygen atoms in total. The van der Waals surface area contributed by atoms with E-state index in [0.29, 0.717) is 17.6 Å². The lowest BCUT2D eigenvalue weighted by Gasteiger charge is -2.08. The number of aromatic nitrogens is 2. The molecule has 2 rings (SSSR count). The number of hydrogen-bond donors (Lipinski definition) is 1. The van der Waals surface area contributed by atoms with Gasteiger partial charge < -0.3 is 10.1 Å². The van der Waals surface area contributed by atoms with Gasteiger partial charge in [-0.3, -0.25) is 0 Å². The Kier molecular flexibility index (Phi) is 3.67. The van der Waals surface area contributed by atoms with E-state index in [1.54, 1.807) is 12.3 Å². The summed E-state index contributed by atoms with van der Waals surface area (Å²) in [7, 11) is 0. The predicted molar refractivity (Wildman–Crippen MR) is 58.8 cm³/mol. The highest BCUT2D eigenvalue weighted by Crippen LogP contribution is 2.15. The fourth-order valence-electron chi connectivity index (χ4n) is 1.71. The lowest BCUT2D eigenvalue weighted by molar-refractivity contribution is 0.185. The largest absolute Gasteiger partial charge is 0.381 e. The Labute approximate surface area is 94.5 Å². The molecule has 1 unspecified atom stereocenters. The van der Waals surface area contributed by atoms with E-state index in [2.05, 4.69) is 15.3 Å². The molecule has 16 heavy (non-hydrogen) atoms. The van der Waals surface area contributed by atoms with Crippen molar-refractivity contribution in [3.63, 3.8) is 0 Å². The molecule has 1 N–H and O–H groups in total. The molecular weight excluding hydrogens is 204 g/mol. The van der Waals surface area contributed by atoms with Crippen LogP contribution in [-0.2, 0) is 4.74 Å². The van der Waals surface area contributed by atoms with E-state index in [1.165, 1.54) is 0 Å². The minimum Gasteiger partial charge on any atom is -0.381 e. The summed E-state index contributed by atoms with van der Waals surface area (Å²) in [4.78, 5) is 8.09. The van der Waals surface area contributed by atoms with Crippen molar-refractivity contribution in [1.82, 2.24) is 9.97 Å². The van der Waals surface area contributed by atoms with Crippen LogP contribution in [0.2, 0.25) is 0 Å². The van der Waals surface area contributed by atoms with E-state index in [9.17, 15) is 0 Å². The van der Waals surface area contributed by atoms with Crippen molar-refractivity contribution in [1.29, 1.82) is 5.26 Å². The predicted octanol–water partition coefficient (Wildman–Crippen LogP) is 1.19. The number of anilines is 1. The maximum Gasteiger partial charge on any atom is 0.223 e. The normalized spacial score (nSPS) is 19.3. The van der Waals surface area contributed by atoms with E-state index in [4.69, 9.17) is 10.00 Å². The van der Waals surface area contributed by atoms with Crippen molar-refractivity contribution >= 4 is 5.95 Å². The molecule has 1 atom stereocenters. The van der Waals surface area contributed by atoms with Gasteiger partial charge in [-0.05, 0) is 24.8 Å². The number of ether oxygens (including phenoxy) is 1. The van der Waals surface area contributed by atoms with E-state index in [1.807, 2.05) is 6.07 Å². The van der Waals surface area contributed by atoms with Crippen molar-refractivity contribution in [3.05, 3.63) is 18.0 Å². The summed E-state index contributed by atoms with van der Waals surface area (Å²) in [6.07, 6.45) is 3.79. The van der Waals surface area contributed by atoms with Gasteiger partial charge >= 0.3 is 0 Å². The van der Waals surface area contributed by atoms with Crippen molar-refractivity contribution in [2.45, 2.75) is 12.8 Å². The molecule has 84 valence electrons. The second-order valence-corrected chi connectivity index (χ2v) is 3.82. The van der Waals surface area contributed by atoms with E-state index in [0.717, 1.165) is 32.6 Å². The Hall–Kier alpha value is -1.67. The highest BCUT2D eigenvalue weighted by atomic mass is 16.5. The second-order valence-electron chi connectivity index (χ2n) is 3.82. The SMILES string of the molecule is N#Cc1ccnc(NCCC2CCOC2)n1. The lowest BCUT2D eigenvalue weighted by Crippen LogP contribution is -2.11. The standard InChI is InChI=1S/C11H14N4O/c12-7-10-2-5-14-11(15-10)13-4-1-9-3-6-16-8-9/h2,5,9H,1,3-4,6,8H2,(H,13,14,15). The van der Waals surface area contributed by atoms with Crippen LogP contribution in [-0.4, -0.2) is 29.7 Å². The summed E-state index contributed by atoms with van der Waals surface area (Å²) in [6.45, 7) is 2.56. The monoisotopic (exact) mass is 218 g/mol. The molecule has 2 heterocycles. The number of nitrogens with zero attached hydrogens (tertiary/aromatic N) is 3. The van der Waals surface area contributed by atoms with Crippen molar-refractivity contribution in [3.8, 4) is 6.07 Å². The Morgan fingerprint density at radius 3 is 3.31 bits per heavy atom. The van der Waals surface area contributed by atoms with Crippen LogP contribution < -0.4 is 5.32 Å². The van der Waals surface area contributed by atoms with Gasteiger partial charge in [-0.25, -0.2) is 9.97 Å². The molecule has 0 spiro atoms. The summed E-state index contributed by atoms with van der Waals surface area (Å²) in [5.74, 6) is 1.17. The summed E-state index contributed by atoms with van der Waals surface area (Å²) in [6, 6.07) is 3.58. The van der Waals surface area contributed by atoms with Gasteiger partial charge in [0.1, 0.15) is 11.8 Å². The van der Waals surface area contributed by atoms with Gasteiger partial charge in [-0.1, -0.05) is 0 Å². The third kappa shape index (κ3) is 2.91. The second kappa shape index (κ2) is 5.42. The van der Waals surface area contributed by atoms with Crippen molar-refractivity contribution < 1.29 is 4.74 Å². The minimum atomic E-state index is 0.390. The maximum absolute atomic E-state index is 8.68. The van der Waals surface area contributed by atoms with Crippen LogP contribution in [0.4, 0.5) is 5.95 Å². The summed E-state index contributed by atoms with van der Waals surface area (Å²) < 4.78 is 5.29. The van der Waals surface area contributed by atoms with E-state index < -0.39 is 0 Å². The molecule has 5 heteroatoms. The Morgan fingerprint density at radius 2 is 2.56 bits per heavy atom. The zero-order valence-corrected chi connectivity index (χ0v) is 9.02. The molecule has 0 radical (unpaired) electrons. The smallest absolute Gasteiger partial charge is 0.223 e. The zero-order valence-electron chi connectivity index (χ0n) is 9.02. The molecule has 1 aliphatic heterocycles. The van der Waals surface area contributed by atoms with Crippen LogP contribution in [0, 0.1) is 17.2 Å². The van der Waals surface area contributed by atoms with Gasteiger partial charge in [0.15, 0.2) is 0 Å². The van der Waals surface area contributed by atoms with Gasteiger partial charge in [-0.2, -0.15) is 5.26 Å². The molecule has 1 aromatic rings. The zero-order chi connectivity index (χ0) is 11.2. The molecule has 0 aliphatic carbocycles. The molecule has 0 saturated carbocycles. The first-order chi connectivity index (χ1) is 7.88. The van der Waals surface area contributed by atoms with E-state index in [-0.39, 0.29) is 0 Å². The number of nitriles is 1. The highest BCUT2D eigenvalue weighted by molar-refractivity contribution is 5.29. The average molecular weight is 218 g/mol. The molecular formula is C11H14N4O. The molecule has 1 aliphatic rings. The molecule has 0 amide bonds. The van der Waals surface area contributed by atoms with Crippen LogP contribution in [0.1, 0.15) is 18.5 Å². The molecule has 0 bridgehead atoms. The van der Waals surface area contributed by atoms with Crippen LogP contribution in [0.5, 0.6) is 0 Å². The Morgan fingerprint density at radius 1 is 1.62 bits per heavy atom.